The molecule has 0 bridgehead atoms. The molecule has 17 heavy (non-hydrogen) atoms. The van der Waals surface area contributed by atoms with Crippen LogP contribution in [0.1, 0.15) is 32.1 Å². The fourth-order valence-electron chi connectivity index (χ4n) is 3.11. The van der Waals surface area contributed by atoms with Gasteiger partial charge in [0, 0.05) is 26.2 Å². The predicted octanol–water partition coefficient (Wildman–Crippen LogP) is 0.681. The topological polar surface area (TPSA) is 35.6 Å². The average molecular weight is 239 g/mol. The van der Waals surface area contributed by atoms with Gasteiger partial charge in [-0.1, -0.05) is 19.3 Å². The summed E-state index contributed by atoms with van der Waals surface area (Å²) < 4.78 is 0. The zero-order valence-electron chi connectivity index (χ0n) is 11.1. The lowest BCUT2D eigenvalue weighted by Crippen LogP contribution is -2.59. The number of piperazine rings is 1. The lowest BCUT2D eigenvalue weighted by molar-refractivity contribution is -0.139. The van der Waals surface area contributed by atoms with Gasteiger partial charge in [-0.05, 0) is 19.9 Å². The molecule has 2 fully saturated rings. The van der Waals surface area contributed by atoms with E-state index >= 15 is 0 Å². The van der Waals surface area contributed by atoms with E-state index in [1.54, 1.807) is 0 Å². The van der Waals surface area contributed by atoms with Crippen molar-refractivity contribution in [3.05, 3.63) is 0 Å². The van der Waals surface area contributed by atoms with E-state index in [1.165, 1.54) is 32.1 Å². The van der Waals surface area contributed by atoms with Gasteiger partial charge in [0.05, 0.1) is 12.6 Å². The molecule has 0 aromatic heterocycles. The lowest BCUT2D eigenvalue weighted by atomic mass is 9.93. The van der Waals surface area contributed by atoms with Gasteiger partial charge in [0.15, 0.2) is 0 Å². The summed E-state index contributed by atoms with van der Waals surface area (Å²) in [7, 11) is 3.89. The number of nitrogens with zero attached hydrogens (tertiary/aromatic N) is 2. The van der Waals surface area contributed by atoms with Crippen LogP contribution in [0.15, 0.2) is 0 Å². The summed E-state index contributed by atoms with van der Waals surface area (Å²) in [5.74, 6) is 0.280. The number of hydrogen-bond acceptors (Lipinski definition) is 3. The Morgan fingerprint density at radius 1 is 1.29 bits per heavy atom. The molecule has 1 aliphatic carbocycles. The number of hydrogen-bond donors (Lipinski definition) is 1. The SMILES string of the molecule is CNCC1CN(C2CCCCC2)CC(=O)N1C. The average Bonchev–Trinajstić information content (AvgIpc) is 2.36. The molecule has 0 aromatic carbocycles. The van der Waals surface area contributed by atoms with Gasteiger partial charge in [0.2, 0.25) is 5.91 Å². The molecule has 1 unspecified atom stereocenters. The van der Waals surface area contributed by atoms with Crippen LogP contribution in [-0.2, 0) is 4.79 Å². The first kappa shape index (κ1) is 12.8. The number of amides is 1. The molecule has 4 heteroatoms. The molecule has 0 spiro atoms. The highest BCUT2D eigenvalue weighted by molar-refractivity contribution is 5.79. The second-order valence-corrected chi connectivity index (χ2v) is 5.44. The van der Waals surface area contributed by atoms with Crippen LogP contribution in [0.2, 0.25) is 0 Å². The smallest absolute Gasteiger partial charge is 0.236 e. The summed E-state index contributed by atoms with van der Waals surface area (Å²) in [5.41, 5.74) is 0. The van der Waals surface area contributed by atoms with Gasteiger partial charge in [-0.2, -0.15) is 0 Å². The maximum Gasteiger partial charge on any atom is 0.236 e. The molecule has 0 aromatic rings. The Hall–Kier alpha value is -0.610. The van der Waals surface area contributed by atoms with Gasteiger partial charge < -0.3 is 10.2 Å². The van der Waals surface area contributed by atoms with Crippen LogP contribution >= 0.6 is 0 Å². The molecule has 4 nitrogen and oxygen atoms in total. The van der Waals surface area contributed by atoms with E-state index in [9.17, 15) is 4.79 Å². The monoisotopic (exact) mass is 239 g/mol. The van der Waals surface area contributed by atoms with E-state index in [0.717, 1.165) is 13.1 Å². The van der Waals surface area contributed by atoms with Gasteiger partial charge in [0.25, 0.3) is 0 Å². The minimum absolute atomic E-state index is 0.280. The van der Waals surface area contributed by atoms with Crippen molar-refractivity contribution in [1.29, 1.82) is 0 Å². The van der Waals surface area contributed by atoms with Gasteiger partial charge in [0.1, 0.15) is 0 Å². The second-order valence-electron chi connectivity index (χ2n) is 5.44. The van der Waals surface area contributed by atoms with Crippen molar-refractivity contribution >= 4 is 5.91 Å². The quantitative estimate of drug-likeness (QED) is 0.787. The van der Waals surface area contributed by atoms with E-state index in [1.807, 2.05) is 19.0 Å². The lowest BCUT2D eigenvalue weighted by Gasteiger charge is -2.43. The van der Waals surface area contributed by atoms with Crippen LogP contribution in [0.3, 0.4) is 0 Å². The molecule has 0 radical (unpaired) electrons. The highest BCUT2D eigenvalue weighted by Crippen LogP contribution is 2.24. The molecule has 1 heterocycles. The molecule has 1 aliphatic heterocycles. The number of likely N-dealkylation sites (N-methyl/N-ethyl adjacent to an activating group) is 2. The Balaban J connectivity index is 1.96. The van der Waals surface area contributed by atoms with Crippen molar-refractivity contribution in [2.24, 2.45) is 0 Å². The van der Waals surface area contributed by atoms with Crippen LogP contribution in [0.25, 0.3) is 0 Å². The Labute approximate surface area is 104 Å². The fourth-order valence-corrected chi connectivity index (χ4v) is 3.11. The summed E-state index contributed by atoms with van der Waals surface area (Å²) >= 11 is 0. The van der Waals surface area contributed by atoms with Gasteiger partial charge in [-0.25, -0.2) is 0 Å². The minimum Gasteiger partial charge on any atom is -0.339 e. The largest absolute Gasteiger partial charge is 0.339 e. The zero-order chi connectivity index (χ0) is 12.3. The summed E-state index contributed by atoms with van der Waals surface area (Å²) in [6, 6.07) is 0.990. The van der Waals surface area contributed by atoms with Gasteiger partial charge in [-0.3, -0.25) is 9.69 Å². The molecule has 2 aliphatic rings. The third-order valence-electron chi connectivity index (χ3n) is 4.26. The van der Waals surface area contributed by atoms with E-state index < -0.39 is 0 Å². The Kier molecular flexibility index (Phi) is 4.40. The number of carbonyl (C=O) groups is 1. The first-order valence-electron chi connectivity index (χ1n) is 6.86. The van der Waals surface area contributed by atoms with Crippen LogP contribution in [0, 0.1) is 0 Å². The van der Waals surface area contributed by atoms with Crippen LogP contribution in [0.4, 0.5) is 0 Å². The molecule has 1 amide bonds. The third-order valence-corrected chi connectivity index (χ3v) is 4.26. The molecule has 1 atom stereocenters. The number of carbonyl (C=O) groups excluding carboxylic acids is 1. The van der Waals surface area contributed by atoms with E-state index in [0.29, 0.717) is 18.6 Å². The molecule has 2 rings (SSSR count). The zero-order valence-corrected chi connectivity index (χ0v) is 11.1. The van der Waals surface area contributed by atoms with Gasteiger partial charge in [-0.15, -0.1) is 0 Å². The van der Waals surface area contributed by atoms with Crippen molar-refractivity contribution in [3.8, 4) is 0 Å². The fraction of sp³-hybridized carbons (Fsp3) is 0.923. The molecular formula is C13H25N3O. The number of nitrogens with one attached hydrogen (secondary N) is 1. The van der Waals surface area contributed by atoms with Crippen molar-refractivity contribution in [1.82, 2.24) is 15.1 Å². The summed E-state index contributed by atoms with van der Waals surface area (Å²) in [6.07, 6.45) is 6.61. The van der Waals surface area contributed by atoms with Crippen molar-refractivity contribution in [3.63, 3.8) is 0 Å². The molecule has 1 saturated carbocycles. The molecule has 1 N–H and O–H groups in total. The normalized spacial score (nSPS) is 28.7. The summed E-state index contributed by atoms with van der Waals surface area (Å²) in [5, 5.41) is 3.19. The molecular weight excluding hydrogens is 214 g/mol. The summed E-state index contributed by atoms with van der Waals surface area (Å²) in [6.45, 7) is 2.56. The Morgan fingerprint density at radius 2 is 2.00 bits per heavy atom. The van der Waals surface area contributed by atoms with Crippen LogP contribution < -0.4 is 5.32 Å². The minimum atomic E-state index is 0.280. The summed E-state index contributed by atoms with van der Waals surface area (Å²) in [4.78, 5) is 16.3. The highest BCUT2D eigenvalue weighted by Gasteiger charge is 2.33. The van der Waals surface area contributed by atoms with Crippen LogP contribution in [0.5, 0.6) is 0 Å². The Bertz CT molecular complexity index is 263. The molecule has 1 saturated heterocycles. The first-order chi connectivity index (χ1) is 8.22. The third kappa shape index (κ3) is 2.99. The van der Waals surface area contributed by atoms with Crippen molar-refractivity contribution in [2.75, 3.05) is 33.7 Å². The molecule has 98 valence electrons. The van der Waals surface area contributed by atoms with Gasteiger partial charge >= 0.3 is 0 Å². The maximum absolute atomic E-state index is 12.0. The number of rotatable bonds is 3. The maximum atomic E-state index is 12.0. The van der Waals surface area contributed by atoms with Crippen molar-refractivity contribution in [2.45, 2.75) is 44.2 Å². The first-order valence-corrected chi connectivity index (χ1v) is 6.86. The Morgan fingerprint density at radius 3 is 2.65 bits per heavy atom. The predicted molar refractivity (Wildman–Crippen MR) is 68.9 cm³/mol. The van der Waals surface area contributed by atoms with E-state index in [4.69, 9.17) is 0 Å². The van der Waals surface area contributed by atoms with Crippen molar-refractivity contribution < 1.29 is 4.79 Å². The second kappa shape index (κ2) is 5.83. The highest BCUT2D eigenvalue weighted by atomic mass is 16.2. The standard InChI is InChI=1S/C13H25N3O/c1-14-8-12-9-16(10-13(17)15(12)2)11-6-4-3-5-7-11/h11-12,14H,3-10H2,1-2H3. The van der Waals surface area contributed by atoms with E-state index in [2.05, 4.69) is 10.2 Å². The van der Waals surface area contributed by atoms with Crippen LogP contribution in [-0.4, -0.2) is 61.5 Å². The van der Waals surface area contributed by atoms with E-state index in [-0.39, 0.29) is 5.91 Å².